The molecule has 34 heavy (non-hydrogen) atoms. The van der Waals surface area contributed by atoms with Gasteiger partial charge in [0.25, 0.3) is 5.69 Å². The number of nitrogens with zero attached hydrogens (tertiary/aromatic N) is 2. The molecule has 3 aromatic carbocycles. The van der Waals surface area contributed by atoms with Gasteiger partial charge in [-0.2, -0.15) is 9.98 Å². The molecule has 3 rings (SSSR count). The average molecular weight is 481 g/mol. The van der Waals surface area contributed by atoms with Gasteiger partial charge in [0.2, 0.25) is 10.0 Å². The Hall–Kier alpha value is -4.27. The zero-order valence-corrected chi connectivity index (χ0v) is 18.8. The lowest BCUT2D eigenvalue weighted by Crippen LogP contribution is -2.30. The third kappa shape index (κ3) is 5.74. The van der Waals surface area contributed by atoms with E-state index in [9.17, 15) is 28.6 Å². The molecule has 0 aromatic heterocycles. The van der Waals surface area contributed by atoms with Gasteiger partial charge in [-0.25, -0.2) is 8.42 Å². The summed E-state index contributed by atoms with van der Waals surface area (Å²) in [6, 6.07) is 19.7. The summed E-state index contributed by atoms with van der Waals surface area (Å²) in [5.74, 6) is -0.816. The number of sulfonamides is 1. The van der Waals surface area contributed by atoms with E-state index in [4.69, 9.17) is 4.74 Å². The summed E-state index contributed by atoms with van der Waals surface area (Å²) in [6.45, 7) is -0.722. The molecule has 174 valence electrons. The van der Waals surface area contributed by atoms with Crippen LogP contribution in [0.2, 0.25) is 0 Å². The van der Waals surface area contributed by atoms with Gasteiger partial charge in [0.1, 0.15) is 18.8 Å². The molecule has 0 heterocycles. The van der Waals surface area contributed by atoms with Gasteiger partial charge in [-0.15, -0.1) is 0 Å². The van der Waals surface area contributed by atoms with Crippen molar-refractivity contribution in [2.75, 3.05) is 18.9 Å². The number of nitro groups is 1. The van der Waals surface area contributed by atoms with E-state index in [0.717, 1.165) is 17.2 Å². The summed E-state index contributed by atoms with van der Waals surface area (Å²) in [5.41, 5.74) is 2.58. The molecule has 0 aliphatic carbocycles. The standard InChI is InChI=1S/C23H20N4O6S/c1-25-21-11-10-19(12-22(21)27(29)30)34(31,32)26-14-23(28)33-15-16-6-8-17(9-7-16)20-5-3-2-4-18(20)13-24/h2-12,25-26H,14-15H2,1H3. The lowest BCUT2D eigenvalue weighted by Gasteiger charge is -2.09. The SMILES string of the molecule is CNc1ccc(S(=O)(=O)NCC(=O)OCc2ccc(-c3ccccc3C#N)cc2)cc1[N+](=O)[O-]. The molecule has 0 aliphatic rings. The van der Waals surface area contributed by atoms with Gasteiger partial charge < -0.3 is 10.1 Å². The second-order valence-electron chi connectivity index (χ2n) is 7.03. The van der Waals surface area contributed by atoms with Crippen molar-refractivity contribution in [1.82, 2.24) is 4.72 Å². The number of benzene rings is 3. The monoisotopic (exact) mass is 480 g/mol. The van der Waals surface area contributed by atoms with Crippen LogP contribution in [0.4, 0.5) is 11.4 Å². The van der Waals surface area contributed by atoms with Crippen LogP contribution in [-0.2, 0) is 26.2 Å². The lowest BCUT2D eigenvalue weighted by atomic mass is 9.99. The molecule has 0 amide bonds. The van der Waals surface area contributed by atoms with Crippen LogP contribution in [0.15, 0.2) is 71.6 Å². The Balaban J connectivity index is 1.59. The second-order valence-corrected chi connectivity index (χ2v) is 8.79. The van der Waals surface area contributed by atoms with Crippen molar-refractivity contribution >= 4 is 27.4 Å². The molecule has 0 saturated carbocycles. The maximum atomic E-state index is 12.4. The molecule has 0 unspecified atom stereocenters. The minimum Gasteiger partial charge on any atom is -0.460 e. The van der Waals surface area contributed by atoms with E-state index >= 15 is 0 Å². The summed E-state index contributed by atoms with van der Waals surface area (Å²) in [7, 11) is -2.70. The van der Waals surface area contributed by atoms with Crippen LogP contribution in [0, 0.1) is 21.4 Å². The molecular weight excluding hydrogens is 460 g/mol. The molecule has 0 aliphatic heterocycles. The third-order valence-corrected chi connectivity index (χ3v) is 6.26. The Morgan fingerprint density at radius 3 is 2.47 bits per heavy atom. The van der Waals surface area contributed by atoms with Gasteiger partial charge in [0, 0.05) is 13.1 Å². The highest BCUT2D eigenvalue weighted by Crippen LogP contribution is 2.27. The molecule has 2 N–H and O–H groups in total. The largest absolute Gasteiger partial charge is 0.460 e. The maximum Gasteiger partial charge on any atom is 0.321 e. The van der Waals surface area contributed by atoms with Gasteiger partial charge in [0.05, 0.1) is 21.5 Å². The highest BCUT2D eigenvalue weighted by molar-refractivity contribution is 7.89. The van der Waals surface area contributed by atoms with Crippen molar-refractivity contribution in [3.05, 3.63) is 88.0 Å². The molecule has 0 atom stereocenters. The minimum atomic E-state index is -4.17. The number of hydrogen-bond donors (Lipinski definition) is 2. The van der Waals surface area contributed by atoms with Crippen molar-refractivity contribution in [2.24, 2.45) is 0 Å². The molecule has 0 saturated heterocycles. The molecule has 0 fully saturated rings. The Morgan fingerprint density at radius 2 is 1.82 bits per heavy atom. The van der Waals surface area contributed by atoms with Crippen molar-refractivity contribution in [3.63, 3.8) is 0 Å². The van der Waals surface area contributed by atoms with E-state index in [1.54, 1.807) is 36.4 Å². The highest BCUT2D eigenvalue weighted by atomic mass is 32.2. The van der Waals surface area contributed by atoms with E-state index in [1.807, 2.05) is 12.1 Å². The van der Waals surface area contributed by atoms with E-state index < -0.39 is 33.1 Å². The number of nitro benzene ring substituents is 1. The van der Waals surface area contributed by atoms with Gasteiger partial charge in [-0.05, 0) is 34.9 Å². The second kappa shape index (κ2) is 10.6. The number of carbonyl (C=O) groups is 1. The molecule has 0 bridgehead atoms. The summed E-state index contributed by atoms with van der Waals surface area (Å²) in [4.78, 5) is 22.1. The first kappa shape index (κ1) is 24.4. The zero-order valence-electron chi connectivity index (χ0n) is 18.0. The topological polar surface area (TPSA) is 151 Å². The van der Waals surface area contributed by atoms with Crippen molar-refractivity contribution in [2.45, 2.75) is 11.5 Å². The van der Waals surface area contributed by atoms with E-state index in [0.29, 0.717) is 11.1 Å². The molecule has 0 radical (unpaired) electrons. The molecule has 11 heteroatoms. The predicted molar refractivity (Wildman–Crippen MR) is 124 cm³/mol. The van der Waals surface area contributed by atoms with E-state index in [2.05, 4.69) is 16.1 Å². The van der Waals surface area contributed by atoms with Gasteiger partial charge in [-0.3, -0.25) is 14.9 Å². The Morgan fingerprint density at radius 1 is 1.12 bits per heavy atom. The van der Waals surface area contributed by atoms with Crippen LogP contribution in [0.3, 0.4) is 0 Å². The number of ether oxygens (including phenoxy) is 1. The number of nitriles is 1. The van der Waals surface area contributed by atoms with E-state index in [-0.39, 0.29) is 17.2 Å². The van der Waals surface area contributed by atoms with Crippen LogP contribution in [0.1, 0.15) is 11.1 Å². The molecule has 0 spiro atoms. The van der Waals surface area contributed by atoms with Crippen molar-refractivity contribution in [3.8, 4) is 17.2 Å². The highest BCUT2D eigenvalue weighted by Gasteiger charge is 2.22. The normalized spacial score (nSPS) is 10.8. The first-order chi connectivity index (χ1) is 16.2. The first-order valence-corrected chi connectivity index (χ1v) is 11.4. The van der Waals surface area contributed by atoms with Crippen molar-refractivity contribution < 1.29 is 22.9 Å². The fourth-order valence-corrected chi connectivity index (χ4v) is 4.09. The number of esters is 1. The maximum absolute atomic E-state index is 12.4. The van der Waals surface area contributed by atoms with E-state index in [1.165, 1.54) is 19.2 Å². The molecule has 10 nitrogen and oxygen atoms in total. The number of carbonyl (C=O) groups excluding carboxylic acids is 1. The lowest BCUT2D eigenvalue weighted by molar-refractivity contribution is -0.384. The number of nitrogens with one attached hydrogen (secondary N) is 2. The number of anilines is 1. The Bertz CT molecular complexity index is 1360. The van der Waals surface area contributed by atoms with Crippen molar-refractivity contribution in [1.29, 1.82) is 5.26 Å². The van der Waals surface area contributed by atoms with Crippen LogP contribution < -0.4 is 10.0 Å². The Labute approximate surface area is 196 Å². The summed E-state index contributed by atoms with van der Waals surface area (Å²) < 4.78 is 32.0. The summed E-state index contributed by atoms with van der Waals surface area (Å²) >= 11 is 0. The summed E-state index contributed by atoms with van der Waals surface area (Å²) in [6.07, 6.45) is 0. The van der Waals surface area contributed by atoms with Crippen LogP contribution in [0.25, 0.3) is 11.1 Å². The quantitative estimate of drug-likeness (QED) is 0.269. The zero-order chi connectivity index (χ0) is 24.7. The fourth-order valence-electron chi connectivity index (χ4n) is 3.11. The minimum absolute atomic E-state index is 0.0803. The number of hydrogen-bond acceptors (Lipinski definition) is 8. The molecule has 3 aromatic rings. The van der Waals surface area contributed by atoms with Gasteiger partial charge >= 0.3 is 5.97 Å². The average Bonchev–Trinajstić information content (AvgIpc) is 2.86. The van der Waals surface area contributed by atoms with Gasteiger partial charge in [0.15, 0.2) is 0 Å². The number of rotatable bonds is 9. The predicted octanol–water partition coefficient (Wildman–Crippen LogP) is 3.20. The molecular formula is C23H20N4O6S. The summed E-state index contributed by atoms with van der Waals surface area (Å²) in [5, 5.41) is 23.0. The van der Waals surface area contributed by atoms with Gasteiger partial charge in [-0.1, -0.05) is 42.5 Å². The fraction of sp³-hybridized carbons (Fsp3) is 0.130. The third-order valence-electron chi connectivity index (χ3n) is 4.86. The Kier molecular flexibility index (Phi) is 7.57. The van der Waals surface area contributed by atoms with Crippen LogP contribution in [0.5, 0.6) is 0 Å². The van der Waals surface area contributed by atoms with Crippen LogP contribution in [-0.4, -0.2) is 32.9 Å². The smallest absolute Gasteiger partial charge is 0.321 e. The first-order valence-electron chi connectivity index (χ1n) is 9.95. The van der Waals surface area contributed by atoms with Crippen LogP contribution >= 0.6 is 0 Å².